The second kappa shape index (κ2) is 17.1. The minimum absolute atomic E-state index is 0.848. The fourth-order valence-electron chi connectivity index (χ4n) is 2.87. The Labute approximate surface area is 130 Å². The van der Waals surface area contributed by atoms with E-state index in [-0.39, 0.29) is 0 Å². The van der Waals surface area contributed by atoms with Gasteiger partial charge in [0.25, 0.3) is 0 Å². The highest BCUT2D eigenvalue weighted by Gasteiger charge is 2.02. The molecule has 0 heteroatoms. The normalized spacial score (nSPS) is 12.8. The molecule has 0 fully saturated rings. The van der Waals surface area contributed by atoms with Crippen LogP contribution in [0.5, 0.6) is 0 Å². The lowest BCUT2D eigenvalue weighted by Crippen LogP contribution is -1.96. The van der Waals surface area contributed by atoms with Gasteiger partial charge in [0.05, 0.1) is 0 Å². The first-order chi connectivity index (χ1) is 9.81. The van der Waals surface area contributed by atoms with E-state index in [9.17, 15) is 0 Å². The molecule has 121 valence electrons. The summed E-state index contributed by atoms with van der Waals surface area (Å²) >= 11 is 0. The molecular weight excluding hydrogens is 240 g/mol. The summed E-state index contributed by atoms with van der Waals surface area (Å²) in [5.41, 5.74) is 0. The van der Waals surface area contributed by atoms with Crippen LogP contribution in [0.25, 0.3) is 0 Å². The van der Waals surface area contributed by atoms with Gasteiger partial charge < -0.3 is 0 Å². The summed E-state index contributed by atoms with van der Waals surface area (Å²) in [7, 11) is 0. The molecule has 0 heterocycles. The molecule has 0 N–H and O–H groups in total. The monoisotopic (exact) mass is 281 g/mol. The largest absolute Gasteiger partial charge is 0.0654 e. The summed E-state index contributed by atoms with van der Waals surface area (Å²) in [6.07, 6.45) is 24.0. The van der Waals surface area contributed by atoms with Crippen LogP contribution in [-0.4, -0.2) is 0 Å². The van der Waals surface area contributed by atoms with Gasteiger partial charge in [-0.2, -0.15) is 0 Å². The fourth-order valence-corrected chi connectivity index (χ4v) is 2.87. The van der Waals surface area contributed by atoms with E-state index in [0.717, 1.165) is 5.92 Å². The summed E-state index contributed by atoms with van der Waals surface area (Å²) in [4.78, 5) is 0. The molecule has 0 saturated carbocycles. The van der Waals surface area contributed by atoms with E-state index in [1.165, 1.54) is 96.3 Å². The summed E-state index contributed by atoms with van der Waals surface area (Å²) in [5, 5.41) is 0. The Morgan fingerprint density at radius 2 is 1.05 bits per heavy atom. The molecule has 0 nitrogen and oxygen atoms in total. The molecule has 0 amide bonds. The molecule has 0 aliphatic heterocycles. The number of hydrogen-bond acceptors (Lipinski definition) is 0. The molecule has 0 aromatic rings. The Morgan fingerprint density at radius 1 is 0.600 bits per heavy atom. The lowest BCUT2D eigenvalue weighted by atomic mass is 9.96. The quantitative estimate of drug-likeness (QED) is 0.254. The van der Waals surface area contributed by atoms with Crippen molar-refractivity contribution < 1.29 is 0 Å². The van der Waals surface area contributed by atoms with Gasteiger partial charge in [-0.25, -0.2) is 0 Å². The van der Waals surface area contributed by atoms with Crippen LogP contribution >= 0.6 is 0 Å². The predicted molar refractivity (Wildman–Crippen MR) is 94.1 cm³/mol. The Hall–Kier alpha value is 0. The zero-order valence-corrected chi connectivity index (χ0v) is 14.8. The van der Waals surface area contributed by atoms with Gasteiger partial charge >= 0.3 is 0 Å². The van der Waals surface area contributed by atoms with Crippen LogP contribution in [0.1, 0.15) is 117 Å². The molecule has 20 heavy (non-hydrogen) atoms. The molecule has 1 unspecified atom stereocenters. The van der Waals surface area contributed by atoms with E-state index >= 15 is 0 Å². The average Bonchev–Trinajstić information content (AvgIpc) is 2.45. The van der Waals surface area contributed by atoms with Crippen molar-refractivity contribution in [1.29, 1.82) is 0 Å². The average molecular weight is 282 g/mol. The van der Waals surface area contributed by atoms with Crippen LogP contribution in [0.3, 0.4) is 0 Å². The van der Waals surface area contributed by atoms with Crippen molar-refractivity contribution >= 4 is 0 Å². The highest BCUT2D eigenvalue weighted by molar-refractivity contribution is 4.72. The van der Waals surface area contributed by atoms with Crippen LogP contribution in [-0.2, 0) is 0 Å². The predicted octanol–water partition coefficient (Wildman–Crippen LogP) is 7.72. The Balaban J connectivity index is 3.07. The lowest BCUT2D eigenvalue weighted by molar-refractivity contribution is 0.509. The van der Waals surface area contributed by atoms with Crippen molar-refractivity contribution in [3.05, 3.63) is 6.42 Å². The van der Waals surface area contributed by atoms with E-state index in [0.29, 0.717) is 0 Å². The molecule has 0 aromatic heterocycles. The van der Waals surface area contributed by atoms with Crippen molar-refractivity contribution in [3.8, 4) is 0 Å². The van der Waals surface area contributed by atoms with Crippen molar-refractivity contribution in [2.75, 3.05) is 0 Å². The highest BCUT2D eigenvalue weighted by Crippen LogP contribution is 2.17. The minimum Gasteiger partial charge on any atom is -0.0654 e. The molecule has 0 saturated heterocycles. The molecule has 0 rings (SSSR count). The Kier molecular flexibility index (Phi) is 17.1. The molecule has 1 radical (unpaired) electrons. The summed E-state index contributed by atoms with van der Waals surface area (Å²) in [5.74, 6) is 0.848. The molecule has 1 atom stereocenters. The minimum atomic E-state index is 0.848. The van der Waals surface area contributed by atoms with Crippen molar-refractivity contribution in [1.82, 2.24) is 0 Å². The van der Waals surface area contributed by atoms with E-state index in [4.69, 9.17) is 0 Å². The summed E-state index contributed by atoms with van der Waals surface area (Å²) < 4.78 is 0. The van der Waals surface area contributed by atoms with Gasteiger partial charge in [0.1, 0.15) is 0 Å². The fraction of sp³-hybridized carbons (Fsp3) is 0.950. The topological polar surface area (TPSA) is 0 Å². The summed E-state index contributed by atoms with van der Waals surface area (Å²) in [6.45, 7) is 6.99. The van der Waals surface area contributed by atoms with E-state index < -0.39 is 0 Å². The van der Waals surface area contributed by atoms with Gasteiger partial charge in [0, 0.05) is 0 Å². The van der Waals surface area contributed by atoms with Crippen molar-refractivity contribution in [2.24, 2.45) is 5.92 Å². The molecular formula is C20H41. The maximum Gasteiger partial charge on any atom is -0.0358 e. The number of rotatable bonds is 16. The number of hydrogen-bond donors (Lipinski definition) is 0. The first-order valence-corrected chi connectivity index (χ1v) is 9.64. The van der Waals surface area contributed by atoms with Crippen molar-refractivity contribution in [3.63, 3.8) is 0 Å². The maximum absolute atomic E-state index is 2.58. The van der Waals surface area contributed by atoms with Gasteiger partial charge in [0.2, 0.25) is 0 Å². The second-order valence-electron chi connectivity index (χ2n) is 6.68. The lowest BCUT2D eigenvalue weighted by Gasteiger charge is -2.10. The zero-order chi connectivity index (χ0) is 14.9. The third-order valence-corrected chi connectivity index (χ3v) is 4.39. The Morgan fingerprint density at radius 3 is 1.60 bits per heavy atom. The van der Waals surface area contributed by atoms with Gasteiger partial charge in [-0.15, -0.1) is 0 Å². The van der Waals surface area contributed by atoms with Crippen LogP contribution < -0.4 is 0 Å². The van der Waals surface area contributed by atoms with Crippen molar-refractivity contribution in [2.45, 2.75) is 117 Å². The standard InChI is InChI=1S/C20H41/c1-4-6-8-10-11-12-13-14-15-17-19-20(3)18-16-9-7-5-2/h19-20H,4-18H2,1-3H3. The molecule has 0 bridgehead atoms. The third kappa shape index (κ3) is 16.1. The first-order valence-electron chi connectivity index (χ1n) is 9.64. The summed E-state index contributed by atoms with van der Waals surface area (Å²) in [6, 6.07) is 0. The molecule has 0 aliphatic carbocycles. The zero-order valence-electron chi connectivity index (χ0n) is 14.8. The van der Waals surface area contributed by atoms with E-state index in [2.05, 4.69) is 27.2 Å². The van der Waals surface area contributed by atoms with E-state index in [1.54, 1.807) is 0 Å². The molecule has 0 spiro atoms. The van der Waals surface area contributed by atoms with Gasteiger partial charge in [-0.05, 0) is 18.8 Å². The van der Waals surface area contributed by atoms with Crippen LogP contribution in [0, 0.1) is 12.3 Å². The smallest absolute Gasteiger partial charge is 0.0358 e. The number of unbranched alkanes of at least 4 members (excludes halogenated alkanes) is 12. The maximum atomic E-state index is 2.58. The van der Waals surface area contributed by atoms with Crippen LogP contribution in [0.2, 0.25) is 0 Å². The third-order valence-electron chi connectivity index (χ3n) is 4.39. The van der Waals surface area contributed by atoms with Crippen LogP contribution in [0.15, 0.2) is 0 Å². The molecule has 0 aliphatic rings. The Bertz CT molecular complexity index is 161. The van der Waals surface area contributed by atoms with Gasteiger partial charge in [-0.1, -0.05) is 111 Å². The van der Waals surface area contributed by atoms with Crippen LogP contribution in [0.4, 0.5) is 0 Å². The molecule has 0 aromatic carbocycles. The highest BCUT2D eigenvalue weighted by atomic mass is 14.1. The van der Waals surface area contributed by atoms with Gasteiger partial charge in [-0.3, -0.25) is 0 Å². The SMILES string of the molecule is CCCCCCCCCCC[CH]C(C)CCCCCC. The first kappa shape index (κ1) is 20.0. The second-order valence-corrected chi connectivity index (χ2v) is 6.68. The van der Waals surface area contributed by atoms with Gasteiger partial charge in [0.15, 0.2) is 0 Å². The van der Waals surface area contributed by atoms with E-state index in [1.807, 2.05) is 0 Å².